The quantitative estimate of drug-likeness (QED) is 0.758. The lowest BCUT2D eigenvalue weighted by Crippen LogP contribution is -2.00. The number of pyridine rings is 2. The Morgan fingerprint density at radius 3 is 2.76 bits per heavy atom. The fraction of sp³-hybridized carbons (Fsp3) is 0.154. The van der Waals surface area contributed by atoms with Crippen LogP contribution in [0.1, 0.15) is 23.0 Å². The first-order valence-electron chi connectivity index (χ1n) is 5.23. The van der Waals surface area contributed by atoms with E-state index < -0.39 is 0 Å². The van der Waals surface area contributed by atoms with Crippen molar-refractivity contribution in [1.29, 1.82) is 0 Å². The second-order valence-corrected chi connectivity index (χ2v) is 3.65. The summed E-state index contributed by atoms with van der Waals surface area (Å²) in [6, 6.07) is 7.03. The molecule has 0 spiro atoms. The monoisotopic (exact) mass is 228 g/mol. The molecule has 2 heterocycles. The molecule has 0 fully saturated rings. The molecule has 0 atom stereocenters. The van der Waals surface area contributed by atoms with Crippen molar-refractivity contribution in [1.82, 2.24) is 9.97 Å². The summed E-state index contributed by atoms with van der Waals surface area (Å²) in [4.78, 5) is 19.6. The third-order valence-electron chi connectivity index (χ3n) is 2.23. The van der Waals surface area contributed by atoms with Crippen molar-refractivity contribution in [2.45, 2.75) is 13.8 Å². The van der Waals surface area contributed by atoms with Crippen LogP contribution in [0.15, 0.2) is 36.7 Å². The van der Waals surface area contributed by atoms with Gasteiger partial charge in [0.05, 0.1) is 11.8 Å². The molecule has 0 aliphatic carbocycles. The number of carbonyl (C=O) groups excluding carboxylic acids is 1. The number of Topliss-reactive ketones (excluding diaryl/α,β-unsaturated/α-hetero) is 1. The summed E-state index contributed by atoms with van der Waals surface area (Å²) in [6.45, 7) is 3.34. The molecule has 0 saturated heterocycles. The third-order valence-corrected chi connectivity index (χ3v) is 2.23. The minimum atomic E-state index is -0.0728. The molecule has 4 nitrogen and oxygen atoms in total. The number of carbonyl (C=O) groups is 1. The van der Waals surface area contributed by atoms with E-state index in [1.54, 1.807) is 36.7 Å². The van der Waals surface area contributed by atoms with E-state index in [0.717, 1.165) is 5.69 Å². The number of ether oxygens (including phenoxy) is 1. The van der Waals surface area contributed by atoms with Gasteiger partial charge in [0.25, 0.3) is 0 Å². The van der Waals surface area contributed by atoms with Crippen LogP contribution in [0.5, 0.6) is 11.6 Å². The predicted octanol–water partition coefficient (Wildman–Crippen LogP) is 2.78. The Kier molecular flexibility index (Phi) is 3.14. The van der Waals surface area contributed by atoms with Crippen molar-refractivity contribution in [2.24, 2.45) is 0 Å². The summed E-state index contributed by atoms with van der Waals surface area (Å²) in [5.74, 6) is 0.815. The summed E-state index contributed by atoms with van der Waals surface area (Å²) in [5, 5.41) is 0. The van der Waals surface area contributed by atoms with Gasteiger partial charge in [-0.3, -0.25) is 9.78 Å². The molecule has 2 aromatic rings. The molecule has 0 aromatic carbocycles. The molecule has 0 bridgehead atoms. The summed E-state index contributed by atoms with van der Waals surface area (Å²) < 4.78 is 5.56. The first-order chi connectivity index (χ1) is 8.16. The molecule has 0 N–H and O–H groups in total. The molecule has 17 heavy (non-hydrogen) atoms. The average molecular weight is 228 g/mol. The normalized spacial score (nSPS) is 10.0. The summed E-state index contributed by atoms with van der Waals surface area (Å²) >= 11 is 0. The smallest absolute Gasteiger partial charge is 0.230 e. The molecule has 0 saturated carbocycles. The van der Waals surface area contributed by atoms with Gasteiger partial charge in [-0.05, 0) is 38.1 Å². The third kappa shape index (κ3) is 2.66. The maximum Gasteiger partial charge on any atom is 0.230 e. The van der Waals surface area contributed by atoms with Crippen LogP contribution in [-0.2, 0) is 0 Å². The molecular formula is C13H12N2O2. The van der Waals surface area contributed by atoms with Crippen LogP contribution in [-0.4, -0.2) is 15.8 Å². The molecule has 86 valence electrons. The van der Waals surface area contributed by atoms with Gasteiger partial charge >= 0.3 is 0 Å². The van der Waals surface area contributed by atoms with Gasteiger partial charge in [-0.25, -0.2) is 4.98 Å². The zero-order valence-electron chi connectivity index (χ0n) is 9.68. The van der Waals surface area contributed by atoms with Crippen molar-refractivity contribution >= 4 is 5.78 Å². The highest BCUT2D eigenvalue weighted by Gasteiger charge is 2.11. The molecule has 2 aromatic heterocycles. The number of aromatic nitrogens is 2. The Balaban J connectivity index is 2.37. The molecule has 0 unspecified atom stereocenters. The van der Waals surface area contributed by atoms with E-state index in [0.29, 0.717) is 17.2 Å². The highest BCUT2D eigenvalue weighted by molar-refractivity contribution is 5.96. The predicted molar refractivity (Wildman–Crippen MR) is 63.3 cm³/mol. The van der Waals surface area contributed by atoms with Crippen molar-refractivity contribution in [3.05, 3.63) is 47.9 Å². The molecule has 0 amide bonds. The molecule has 0 aliphatic rings. The lowest BCUT2D eigenvalue weighted by molar-refractivity contribution is 0.101. The van der Waals surface area contributed by atoms with Crippen LogP contribution in [0.3, 0.4) is 0 Å². The van der Waals surface area contributed by atoms with Crippen LogP contribution in [0.4, 0.5) is 0 Å². The molecule has 0 radical (unpaired) electrons. The average Bonchev–Trinajstić information content (AvgIpc) is 2.30. The fourth-order valence-electron chi connectivity index (χ4n) is 1.40. The number of rotatable bonds is 3. The Morgan fingerprint density at radius 1 is 1.29 bits per heavy atom. The highest BCUT2D eigenvalue weighted by atomic mass is 16.5. The van der Waals surface area contributed by atoms with E-state index in [1.165, 1.54) is 6.92 Å². The Hall–Kier alpha value is -2.23. The summed E-state index contributed by atoms with van der Waals surface area (Å²) in [7, 11) is 0. The number of nitrogens with zero attached hydrogens (tertiary/aromatic N) is 2. The van der Waals surface area contributed by atoms with Crippen molar-refractivity contribution in [2.75, 3.05) is 0 Å². The topological polar surface area (TPSA) is 52.1 Å². The SMILES string of the molecule is CC(=O)c1ccc(C)nc1Oc1cccnc1. The van der Waals surface area contributed by atoms with Crippen molar-refractivity contribution in [3.63, 3.8) is 0 Å². The lowest BCUT2D eigenvalue weighted by atomic mass is 10.2. The molecule has 2 rings (SSSR count). The van der Waals surface area contributed by atoms with Crippen LogP contribution in [0, 0.1) is 6.92 Å². The second-order valence-electron chi connectivity index (χ2n) is 3.65. The van der Waals surface area contributed by atoms with Gasteiger partial charge in [0.1, 0.15) is 5.75 Å². The molecule has 0 aliphatic heterocycles. The van der Waals surface area contributed by atoms with Gasteiger partial charge < -0.3 is 4.74 Å². The molecular weight excluding hydrogens is 216 g/mol. The van der Waals surface area contributed by atoms with Crippen molar-refractivity contribution < 1.29 is 9.53 Å². The Bertz CT molecular complexity index is 538. The minimum absolute atomic E-state index is 0.0728. The van der Waals surface area contributed by atoms with E-state index in [4.69, 9.17) is 4.74 Å². The summed E-state index contributed by atoms with van der Waals surface area (Å²) in [5.41, 5.74) is 1.27. The minimum Gasteiger partial charge on any atom is -0.437 e. The van der Waals surface area contributed by atoms with Crippen LogP contribution >= 0.6 is 0 Å². The van der Waals surface area contributed by atoms with Crippen molar-refractivity contribution in [3.8, 4) is 11.6 Å². The van der Waals surface area contributed by atoms with Gasteiger partial charge in [0, 0.05) is 11.9 Å². The first kappa shape index (κ1) is 11.3. The zero-order valence-corrected chi connectivity index (χ0v) is 9.68. The maximum atomic E-state index is 11.4. The lowest BCUT2D eigenvalue weighted by Gasteiger charge is -2.08. The van der Waals surface area contributed by atoms with Gasteiger partial charge in [-0.15, -0.1) is 0 Å². The van der Waals surface area contributed by atoms with E-state index in [2.05, 4.69) is 9.97 Å². The van der Waals surface area contributed by atoms with Gasteiger partial charge in [-0.1, -0.05) is 0 Å². The van der Waals surface area contributed by atoms with E-state index in [9.17, 15) is 4.79 Å². The largest absolute Gasteiger partial charge is 0.437 e. The zero-order chi connectivity index (χ0) is 12.3. The number of hydrogen-bond donors (Lipinski definition) is 0. The first-order valence-corrected chi connectivity index (χ1v) is 5.23. The van der Waals surface area contributed by atoms with E-state index in [-0.39, 0.29) is 5.78 Å². The second kappa shape index (κ2) is 4.74. The number of ketones is 1. The van der Waals surface area contributed by atoms with Crippen LogP contribution in [0.25, 0.3) is 0 Å². The number of hydrogen-bond acceptors (Lipinski definition) is 4. The number of aryl methyl sites for hydroxylation is 1. The van der Waals surface area contributed by atoms with E-state index >= 15 is 0 Å². The van der Waals surface area contributed by atoms with Crippen LogP contribution < -0.4 is 4.74 Å². The van der Waals surface area contributed by atoms with Gasteiger partial charge in [0.2, 0.25) is 5.88 Å². The maximum absolute atomic E-state index is 11.4. The summed E-state index contributed by atoms with van der Waals surface area (Å²) in [6.07, 6.45) is 3.23. The van der Waals surface area contributed by atoms with Gasteiger partial charge in [-0.2, -0.15) is 0 Å². The molecule has 4 heteroatoms. The fourth-order valence-corrected chi connectivity index (χ4v) is 1.40. The van der Waals surface area contributed by atoms with Gasteiger partial charge in [0.15, 0.2) is 5.78 Å². The van der Waals surface area contributed by atoms with E-state index in [1.807, 2.05) is 6.92 Å². The standard InChI is InChI=1S/C13H12N2O2/c1-9-5-6-12(10(2)16)13(15-9)17-11-4-3-7-14-8-11/h3-8H,1-2H3. The highest BCUT2D eigenvalue weighted by Crippen LogP contribution is 2.23. The Labute approximate surface area is 99.3 Å². The Morgan fingerprint density at radius 2 is 2.12 bits per heavy atom. The van der Waals surface area contributed by atoms with Crippen LogP contribution in [0.2, 0.25) is 0 Å².